The van der Waals surface area contributed by atoms with Gasteiger partial charge in [-0.2, -0.15) is 13.2 Å². The van der Waals surface area contributed by atoms with E-state index in [9.17, 15) is 23.1 Å². The second-order valence-electron chi connectivity index (χ2n) is 5.17. The lowest BCUT2D eigenvalue weighted by Gasteiger charge is -2.15. The van der Waals surface area contributed by atoms with Gasteiger partial charge in [0.2, 0.25) is 0 Å². The quantitative estimate of drug-likeness (QED) is 0.844. The molecule has 23 heavy (non-hydrogen) atoms. The number of rotatable bonds is 4. The third-order valence-corrected chi connectivity index (χ3v) is 3.50. The van der Waals surface area contributed by atoms with Crippen LogP contribution >= 0.6 is 0 Å². The molecule has 4 nitrogen and oxygen atoms in total. The molecule has 0 aliphatic heterocycles. The number of ether oxygens (including phenoxy) is 1. The van der Waals surface area contributed by atoms with E-state index in [1.165, 1.54) is 13.8 Å². The van der Waals surface area contributed by atoms with Crippen LogP contribution in [0.4, 0.5) is 13.2 Å². The third-order valence-electron chi connectivity index (χ3n) is 3.50. The van der Waals surface area contributed by atoms with Crippen LogP contribution in [0.5, 0.6) is 0 Å². The molecule has 0 aliphatic rings. The first-order chi connectivity index (χ1) is 10.7. The fourth-order valence-electron chi connectivity index (χ4n) is 2.34. The van der Waals surface area contributed by atoms with Crippen LogP contribution in [0.1, 0.15) is 39.0 Å². The molecule has 124 valence electrons. The number of H-pyrrole nitrogens is 1. The molecule has 0 saturated heterocycles. The van der Waals surface area contributed by atoms with Crippen LogP contribution in [0.25, 0.3) is 0 Å². The summed E-state index contributed by atoms with van der Waals surface area (Å²) in [7, 11) is 0. The number of aromatic amines is 1. The number of aliphatic hydroxyl groups excluding tert-OH is 1. The molecule has 2 aromatic rings. The van der Waals surface area contributed by atoms with E-state index in [-0.39, 0.29) is 29.1 Å². The van der Waals surface area contributed by atoms with Gasteiger partial charge in [-0.3, -0.25) is 0 Å². The van der Waals surface area contributed by atoms with Crippen LogP contribution in [0, 0.1) is 13.8 Å². The number of esters is 1. The second kappa shape index (κ2) is 6.45. The summed E-state index contributed by atoms with van der Waals surface area (Å²) in [5.41, 5.74) is 0.447. The zero-order valence-electron chi connectivity index (χ0n) is 12.6. The summed E-state index contributed by atoms with van der Waals surface area (Å²) in [6.45, 7) is 2.71. The lowest BCUT2D eigenvalue weighted by atomic mass is 10.0. The van der Waals surface area contributed by atoms with Gasteiger partial charge in [0, 0.05) is 11.3 Å². The van der Waals surface area contributed by atoms with E-state index in [1.54, 1.807) is 24.3 Å². The Balaban J connectivity index is 2.19. The van der Waals surface area contributed by atoms with Gasteiger partial charge in [-0.15, -0.1) is 0 Å². The summed E-state index contributed by atoms with van der Waals surface area (Å²) in [5.74, 6) is -0.768. The highest BCUT2D eigenvalue weighted by atomic mass is 19.4. The molecule has 2 rings (SSSR count). The van der Waals surface area contributed by atoms with Crippen molar-refractivity contribution in [3.05, 3.63) is 58.4 Å². The maximum Gasteiger partial charge on any atom is 0.418 e. The lowest BCUT2D eigenvalue weighted by Crippen LogP contribution is -2.21. The highest BCUT2D eigenvalue weighted by molar-refractivity contribution is 5.89. The normalized spacial score (nSPS) is 13.0. The molecule has 7 heteroatoms. The molecular formula is C16H16F3NO3. The monoisotopic (exact) mass is 327 g/mol. The van der Waals surface area contributed by atoms with Crippen LogP contribution < -0.4 is 0 Å². The maximum atomic E-state index is 12.7. The number of aromatic nitrogens is 1. The van der Waals surface area contributed by atoms with Gasteiger partial charge in [-0.1, -0.05) is 30.3 Å². The van der Waals surface area contributed by atoms with Gasteiger partial charge in [-0.25, -0.2) is 4.79 Å². The Morgan fingerprint density at radius 1 is 1.26 bits per heavy atom. The Kier molecular flexibility index (Phi) is 4.79. The number of alkyl halides is 3. The Morgan fingerprint density at radius 2 is 1.87 bits per heavy atom. The predicted molar refractivity (Wildman–Crippen MR) is 76.8 cm³/mol. The van der Waals surface area contributed by atoms with Gasteiger partial charge >= 0.3 is 12.1 Å². The minimum Gasteiger partial charge on any atom is -0.456 e. The van der Waals surface area contributed by atoms with Gasteiger partial charge in [-0.05, 0) is 25.0 Å². The summed E-state index contributed by atoms with van der Waals surface area (Å²) in [5, 5.41) is 9.42. The molecule has 1 aromatic heterocycles. The molecule has 0 spiro atoms. The molecule has 1 heterocycles. The van der Waals surface area contributed by atoms with E-state index in [1.807, 2.05) is 6.07 Å². The zero-order valence-corrected chi connectivity index (χ0v) is 12.6. The fraction of sp³-hybridized carbons (Fsp3) is 0.312. The number of carbonyl (C=O) groups is 1. The molecule has 1 atom stereocenters. The van der Waals surface area contributed by atoms with Crippen LogP contribution in [0.2, 0.25) is 0 Å². The first kappa shape index (κ1) is 17.1. The Hall–Kier alpha value is -2.28. The molecular weight excluding hydrogens is 311 g/mol. The summed E-state index contributed by atoms with van der Waals surface area (Å²) < 4.78 is 43.2. The van der Waals surface area contributed by atoms with E-state index in [0.717, 1.165) is 5.56 Å². The molecule has 0 unspecified atom stereocenters. The van der Waals surface area contributed by atoms with Gasteiger partial charge in [0.15, 0.2) is 6.10 Å². The van der Waals surface area contributed by atoms with Crippen molar-refractivity contribution in [2.45, 2.75) is 32.7 Å². The molecule has 0 aliphatic carbocycles. The molecule has 0 amide bonds. The number of hydrogen-bond acceptors (Lipinski definition) is 3. The zero-order chi connectivity index (χ0) is 17.2. The first-order valence-corrected chi connectivity index (χ1v) is 6.86. The van der Waals surface area contributed by atoms with Gasteiger partial charge < -0.3 is 14.8 Å². The molecule has 0 bridgehead atoms. The third kappa shape index (κ3) is 3.73. The number of nitrogens with one attached hydrogen (secondary N) is 1. The highest BCUT2D eigenvalue weighted by Crippen LogP contribution is 2.36. The van der Waals surface area contributed by atoms with E-state index < -0.39 is 18.2 Å². The maximum absolute atomic E-state index is 12.7. The molecule has 2 N–H and O–H groups in total. The Bertz CT molecular complexity index is 693. The van der Waals surface area contributed by atoms with E-state index in [4.69, 9.17) is 4.74 Å². The van der Waals surface area contributed by atoms with Crippen molar-refractivity contribution < 1.29 is 27.8 Å². The smallest absolute Gasteiger partial charge is 0.418 e. The van der Waals surface area contributed by atoms with Crippen molar-refractivity contribution in [1.29, 1.82) is 0 Å². The van der Waals surface area contributed by atoms with Gasteiger partial charge in [0.1, 0.15) is 12.3 Å². The van der Waals surface area contributed by atoms with Crippen LogP contribution in [0.15, 0.2) is 30.3 Å². The van der Waals surface area contributed by atoms with Crippen molar-refractivity contribution in [1.82, 2.24) is 4.98 Å². The first-order valence-electron chi connectivity index (χ1n) is 6.86. The van der Waals surface area contributed by atoms with Crippen molar-refractivity contribution in [3.8, 4) is 0 Å². The Labute approximate surface area is 130 Å². The summed E-state index contributed by atoms with van der Waals surface area (Å²) >= 11 is 0. The topological polar surface area (TPSA) is 62.3 Å². The van der Waals surface area contributed by atoms with Crippen LogP contribution in [-0.4, -0.2) is 22.2 Å². The average molecular weight is 327 g/mol. The summed E-state index contributed by atoms with van der Waals surface area (Å²) in [6, 6.07) is 8.91. The van der Waals surface area contributed by atoms with E-state index in [2.05, 4.69) is 4.98 Å². The number of aryl methyl sites for hydroxylation is 1. The number of aliphatic hydroxyl groups is 1. The van der Waals surface area contributed by atoms with Crippen molar-refractivity contribution >= 4 is 5.97 Å². The van der Waals surface area contributed by atoms with Crippen LogP contribution in [-0.2, 0) is 11.3 Å². The minimum atomic E-state index is -4.80. The van der Waals surface area contributed by atoms with Gasteiger partial charge in [0.05, 0.1) is 0 Å². The largest absolute Gasteiger partial charge is 0.456 e. The van der Waals surface area contributed by atoms with Crippen LogP contribution in [0.3, 0.4) is 0 Å². The van der Waals surface area contributed by atoms with Gasteiger partial charge in [0.25, 0.3) is 0 Å². The summed E-state index contributed by atoms with van der Waals surface area (Å²) in [4.78, 5) is 14.6. The summed E-state index contributed by atoms with van der Waals surface area (Å²) in [6.07, 6.45) is -7.45. The van der Waals surface area contributed by atoms with Crippen molar-refractivity contribution in [2.75, 3.05) is 0 Å². The Morgan fingerprint density at radius 3 is 2.43 bits per heavy atom. The number of hydrogen-bond donors (Lipinski definition) is 2. The van der Waals surface area contributed by atoms with E-state index >= 15 is 0 Å². The number of benzene rings is 1. The van der Waals surface area contributed by atoms with Crippen molar-refractivity contribution in [3.63, 3.8) is 0 Å². The SMILES string of the molecule is Cc1[nH]c(C(=O)OCc2ccccc2)c(C)c1[C@@H](O)C(F)(F)F. The average Bonchev–Trinajstić information content (AvgIpc) is 2.79. The van der Waals surface area contributed by atoms with Crippen molar-refractivity contribution in [2.24, 2.45) is 0 Å². The predicted octanol–water partition coefficient (Wildman–Crippen LogP) is 3.58. The standard InChI is InChI=1S/C16H16F3NO3/c1-9-12(14(21)16(17,18)19)10(2)20-13(9)15(22)23-8-11-6-4-3-5-7-11/h3-7,14,20-21H,8H2,1-2H3/t14-/m1/s1. The molecule has 0 saturated carbocycles. The fourth-order valence-corrected chi connectivity index (χ4v) is 2.34. The molecule has 0 fully saturated rings. The molecule has 1 aromatic carbocycles. The highest BCUT2D eigenvalue weighted by Gasteiger charge is 2.42. The second-order valence-corrected chi connectivity index (χ2v) is 5.17. The number of halogens is 3. The molecule has 0 radical (unpaired) electrons. The number of carbonyl (C=O) groups excluding carboxylic acids is 1. The van der Waals surface area contributed by atoms with E-state index in [0.29, 0.717) is 0 Å². The lowest BCUT2D eigenvalue weighted by molar-refractivity contribution is -0.207. The minimum absolute atomic E-state index is 0.00827.